The van der Waals surface area contributed by atoms with Gasteiger partial charge >= 0.3 is 0 Å². The van der Waals surface area contributed by atoms with Gasteiger partial charge in [0.1, 0.15) is 17.1 Å². The Labute approximate surface area is 116 Å². The summed E-state index contributed by atoms with van der Waals surface area (Å²) >= 11 is 4.79. The van der Waals surface area contributed by atoms with Gasteiger partial charge in [-0.25, -0.2) is 4.39 Å². The van der Waals surface area contributed by atoms with Crippen LogP contribution in [0.1, 0.15) is 29.6 Å². The molecule has 4 nitrogen and oxygen atoms in total. The molecule has 0 aromatic heterocycles. The van der Waals surface area contributed by atoms with Crippen molar-refractivity contribution in [3.63, 3.8) is 0 Å². The molecule has 0 saturated heterocycles. The summed E-state index contributed by atoms with van der Waals surface area (Å²) in [7, 11) is 0. The van der Waals surface area contributed by atoms with E-state index in [0.29, 0.717) is 18.0 Å². The summed E-state index contributed by atoms with van der Waals surface area (Å²) in [5.41, 5.74) is 5.15. The van der Waals surface area contributed by atoms with E-state index < -0.39 is 11.7 Å². The summed E-state index contributed by atoms with van der Waals surface area (Å²) in [4.78, 5) is 14.2. The predicted octanol–water partition coefficient (Wildman–Crippen LogP) is 1.81. The summed E-state index contributed by atoms with van der Waals surface area (Å²) in [6, 6.07) is 3.92. The number of nitrogens with zero attached hydrogens (tertiary/aromatic N) is 1. The van der Waals surface area contributed by atoms with Gasteiger partial charge in [-0.1, -0.05) is 18.3 Å². The van der Waals surface area contributed by atoms with E-state index in [1.54, 1.807) is 0 Å². The highest BCUT2D eigenvalue weighted by Gasteiger charge is 2.34. The highest BCUT2D eigenvalue weighted by atomic mass is 32.1. The van der Waals surface area contributed by atoms with Gasteiger partial charge in [0.25, 0.3) is 5.91 Å². The molecule has 1 saturated carbocycles. The number of phenols is 1. The van der Waals surface area contributed by atoms with Crippen LogP contribution in [0.2, 0.25) is 0 Å². The van der Waals surface area contributed by atoms with Crippen LogP contribution >= 0.6 is 12.2 Å². The fourth-order valence-electron chi connectivity index (χ4n) is 1.93. The second-order valence-electron chi connectivity index (χ2n) is 4.58. The average molecular weight is 282 g/mol. The van der Waals surface area contributed by atoms with E-state index in [0.717, 1.165) is 18.9 Å². The number of carbonyl (C=O) groups excluding carboxylic acids is 1. The first kappa shape index (κ1) is 13.7. The van der Waals surface area contributed by atoms with Gasteiger partial charge in [0, 0.05) is 19.0 Å². The molecule has 1 aromatic rings. The lowest BCUT2D eigenvalue weighted by Gasteiger charge is -2.22. The van der Waals surface area contributed by atoms with Crippen molar-refractivity contribution in [2.45, 2.75) is 25.3 Å². The van der Waals surface area contributed by atoms with Gasteiger partial charge in [-0.3, -0.25) is 4.79 Å². The van der Waals surface area contributed by atoms with Gasteiger partial charge in [0.05, 0.1) is 4.99 Å². The van der Waals surface area contributed by atoms with Crippen LogP contribution in [-0.2, 0) is 0 Å². The van der Waals surface area contributed by atoms with Gasteiger partial charge in [0.15, 0.2) is 0 Å². The maximum Gasteiger partial charge on any atom is 0.260 e. The summed E-state index contributed by atoms with van der Waals surface area (Å²) in [5.74, 6) is -1.56. The predicted molar refractivity (Wildman–Crippen MR) is 73.5 cm³/mol. The minimum absolute atomic E-state index is 0.0980. The first-order chi connectivity index (χ1) is 9.00. The number of hydrogen-bond donors (Lipinski definition) is 2. The summed E-state index contributed by atoms with van der Waals surface area (Å²) in [6.07, 6.45) is 2.17. The summed E-state index contributed by atoms with van der Waals surface area (Å²) in [6.45, 7) is 0.354. The van der Waals surface area contributed by atoms with Crippen LogP contribution in [0.25, 0.3) is 0 Å². The molecule has 1 aromatic carbocycles. The molecule has 6 heteroatoms. The van der Waals surface area contributed by atoms with Crippen molar-refractivity contribution < 1.29 is 14.3 Å². The standard InChI is InChI=1S/C13H15FN2O2S/c14-9-2-1-3-10(17)12(9)13(18)16(8-4-5-8)7-6-11(15)19/h1-3,8,17H,4-7H2,(H2,15,19). The van der Waals surface area contributed by atoms with E-state index >= 15 is 0 Å². The molecule has 0 radical (unpaired) electrons. The molecule has 2 rings (SSSR count). The van der Waals surface area contributed by atoms with Crippen LogP contribution in [0.4, 0.5) is 4.39 Å². The molecule has 0 aliphatic heterocycles. The van der Waals surface area contributed by atoms with E-state index in [4.69, 9.17) is 18.0 Å². The van der Waals surface area contributed by atoms with Gasteiger partial charge in [-0.2, -0.15) is 0 Å². The number of aromatic hydroxyl groups is 1. The average Bonchev–Trinajstić information content (AvgIpc) is 3.13. The van der Waals surface area contributed by atoms with E-state index in [1.807, 2.05) is 0 Å². The smallest absolute Gasteiger partial charge is 0.260 e. The quantitative estimate of drug-likeness (QED) is 0.808. The highest BCUT2D eigenvalue weighted by molar-refractivity contribution is 7.80. The first-order valence-electron chi connectivity index (χ1n) is 6.07. The zero-order chi connectivity index (χ0) is 14.0. The minimum atomic E-state index is -0.717. The van der Waals surface area contributed by atoms with Crippen LogP contribution < -0.4 is 5.73 Å². The van der Waals surface area contributed by atoms with Crippen LogP contribution in [0, 0.1) is 5.82 Å². The molecule has 102 valence electrons. The Morgan fingerprint density at radius 1 is 1.53 bits per heavy atom. The minimum Gasteiger partial charge on any atom is -0.507 e. The molecular weight excluding hydrogens is 267 g/mol. The third-order valence-corrected chi connectivity index (χ3v) is 3.26. The Bertz CT molecular complexity index is 497. The SMILES string of the molecule is NC(=S)CCN(C(=O)c1c(O)cccc1F)C1CC1. The van der Waals surface area contributed by atoms with Crippen molar-refractivity contribution in [2.75, 3.05) is 6.54 Å². The lowest BCUT2D eigenvalue weighted by Crippen LogP contribution is -2.36. The molecule has 1 aliphatic rings. The second kappa shape index (κ2) is 5.52. The summed E-state index contributed by atoms with van der Waals surface area (Å²) in [5, 5.41) is 9.65. The Hall–Kier alpha value is -1.69. The number of rotatable bonds is 5. The Balaban J connectivity index is 2.21. The van der Waals surface area contributed by atoms with Crippen molar-refractivity contribution in [3.05, 3.63) is 29.6 Å². The molecule has 0 unspecified atom stereocenters. The number of phenolic OH excluding ortho intramolecular Hbond substituents is 1. The lowest BCUT2D eigenvalue weighted by molar-refractivity contribution is 0.0740. The summed E-state index contributed by atoms with van der Waals surface area (Å²) < 4.78 is 13.7. The molecule has 1 amide bonds. The van der Waals surface area contributed by atoms with Crippen molar-refractivity contribution >= 4 is 23.1 Å². The number of nitrogens with two attached hydrogens (primary N) is 1. The molecule has 19 heavy (non-hydrogen) atoms. The van der Waals surface area contributed by atoms with Crippen LogP contribution in [0.3, 0.4) is 0 Å². The fraction of sp³-hybridized carbons (Fsp3) is 0.385. The zero-order valence-corrected chi connectivity index (χ0v) is 11.1. The number of carbonyl (C=O) groups is 1. The fourth-order valence-corrected chi connectivity index (χ4v) is 2.03. The van der Waals surface area contributed by atoms with Crippen molar-refractivity contribution in [3.8, 4) is 5.75 Å². The van der Waals surface area contributed by atoms with E-state index in [9.17, 15) is 14.3 Å². The number of thiocarbonyl (C=S) groups is 1. The zero-order valence-electron chi connectivity index (χ0n) is 10.3. The first-order valence-corrected chi connectivity index (χ1v) is 6.48. The maximum atomic E-state index is 13.7. The molecule has 1 fully saturated rings. The van der Waals surface area contributed by atoms with E-state index in [-0.39, 0.29) is 17.4 Å². The second-order valence-corrected chi connectivity index (χ2v) is 5.10. The van der Waals surface area contributed by atoms with Crippen molar-refractivity contribution in [1.29, 1.82) is 0 Å². The number of hydrogen-bond acceptors (Lipinski definition) is 3. The van der Waals surface area contributed by atoms with Crippen molar-refractivity contribution in [1.82, 2.24) is 4.90 Å². The van der Waals surface area contributed by atoms with Gasteiger partial charge in [-0.05, 0) is 25.0 Å². The molecular formula is C13H15FN2O2S. The van der Waals surface area contributed by atoms with Gasteiger partial charge in [0.2, 0.25) is 0 Å². The lowest BCUT2D eigenvalue weighted by atomic mass is 10.1. The molecule has 0 atom stereocenters. The van der Waals surface area contributed by atoms with E-state index in [2.05, 4.69) is 0 Å². The van der Waals surface area contributed by atoms with Crippen molar-refractivity contribution in [2.24, 2.45) is 5.73 Å². The van der Waals surface area contributed by atoms with Crippen LogP contribution in [0.5, 0.6) is 5.75 Å². The Morgan fingerprint density at radius 3 is 2.74 bits per heavy atom. The van der Waals surface area contributed by atoms with Crippen LogP contribution in [0.15, 0.2) is 18.2 Å². The highest BCUT2D eigenvalue weighted by Crippen LogP contribution is 2.31. The molecule has 3 N–H and O–H groups in total. The Kier molecular flexibility index (Phi) is 3.99. The van der Waals surface area contributed by atoms with Crippen LogP contribution in [-0.4, -0.2) is 33.5 Å². The monoisotopic (exact) mass is 282 g/mol. The molecule has 0 spiro atoms. The maximum absolute atomic E-state index is 13.7. The van der Waals surface area contributed by atoms with Gasteiger partial charge in [-0.15, -0.1) is 0 Å². The number of benzene rings is 1. The normalized spacial score (nSPS) is 14.2. The molecule has 0 bridgehead atoms. The topological polar surface area (TPSA) is 66.6 Å². The third-order valence-electron chi connectivity index (χ3n) is 3.05. The molecule has 0 heterocycles. The van der Waals surface area contributed by atoms with Gasteiger partial charge < -0.3 is 15.7 Å². The number of amides is 1. The molecule has 1 aliphatic carbocycles. The van der Waals surface area contributed by atoms with E-state index in [1.165, 1.54) is 17.0 Å². The largest absolute Gasteiger partial charge is 0.507 e. The third kappa shape index (κ3) is 3.20. The number of halogens is 1. The Morgan fingerprint density at radius 2 is 2.21 bits per heavy atom.